The molecule has 0 saturated carbocycles. The van der Waals surface area contributed by atoms with E-state index in [4.69, 9.17) is 0 Å². The van der Waals surface area contributed by atoms with Crippen molar-refractivity contribution in [2.24, 2.45) is 0 Å². The molecule has 7 heteroatoms. The van der Waals surface area contributed by atoms with Crippen molar-refractivity contribution in [2.75, 3.05) is 20.6 Å². The predicted molar refractivity (Wildman–Crippen MR) is 94.0 cm³/mol. The third-order valence-corrected chi connectivity index (χ3v) is 3.79. The van der Waals surface area contributed by atoms with Crippen molar-refractivity contribution in [1.82, 2.24) is 30.0 Å². The first kappa shape index (κ1) is 16.3. The minimum atomic E-state index is -0.0868. The van der Waals surface area contributed by atoms with Crippen LogP contribution in [0.15, 0.2) is 24.5 Å². The molecule has 2 aromatic heterocycles. The van der Waals surface area contributed by atoms with Crippen molar-refractivity contribution in [1.29, 1.82) is 0 Å². The van der Waals surface area contributed by atoms with E-state index in [-0.39, 0.29) is 11.9 Å². The molecule has 3 rings (SSSR count). The Bertz CT molecular complexity index is 883. The van der Waals surface area contributed by atoms with Crippen LogP contribution in [0.5, 0.6) is 0 Å². The fourth-order valence-corrected chi connectivity index (χ4v) is 2.60. The van der Waals surface area contributed by atoms with Crippen LogP contribution < -0.4 is 5.32 Å². The lowest BCUT2D eigenvalue weighted by atomic mass is 10.1. The Kier molecular flexibility index (Phi) is 4.44. The molecular weight excluding hydrogens is 304 g/mol. The molecule has 0 fully saturated rings. The number of nitrogens with zero attached hydrogens (tertiary/aromatic N) is 5. The number of nitrogens with one attached hydrogen (secondary N) is 1. The van der Waals surface area contributed by atoms with Crippen LogP contribution in [-0.2, 0) is 6.54 Å². The van der Waals surface area contributed by atoms with Crippen LogP contribution in [0.1, 0.15) is 24.2 Å². The van der Waals surface area contributed by atoms with Gasteiger partial charge in [-0.05, 0) is 46.1 Å². The minimum absolute atomic E-state index is 0.0868. The molecule has 0 unspecified atom stereocenters. The maximum Gasteiger partial charge on any atom is 0.251 e. The van der Waals surface area contributed by atoms with Gasteiger partial charge in [-0.15, -0.1) is 10.2 Å². The smallest absolute Gasteiger partial charge is 0.251 e. The predicted octanol–water partition coefficient (Wildman–Crippen LogP) is 1.68. The number of amides is 1. The summed E-state index contributed by atoms with van der Waals surface area (Å²) in [7, 11) is 4.07. The van der Waals surface area contributed by atoms with E-state index in [0.29, 0.717) is 11.2 Å². The Labute approximate surface area is 140 Å². The Hall–Kier alpha value is -2.54. The van der Waals surface area contributed by atoms with Crippen LogP contribution in [0.3, 0.4) is 0 Å². The van der Waals surface area contributed by atoms with Gasteiger partial charge in [0.05, 0.1) is 17.4 Å². The lowest BCUT2D eigenvalue weighted by molar-refractivity contribution is 0.0943. The van der Waals surface area contributed by atoms with Crippen molar-refractivity contribution in [3.8, 4) is 0 Å². The van der Waals surface area contributed by atoms with Crippen LogP contribution in [-0.4, -0.2) is 57.2 Å². The summed E-state index contributed by atoms with van der Waals surface area (Å²) in [5.74, 6) is -0.0868. The van der Waals surface area contributed by atoms with E-state index in [1.54, 1.807) is 12.4 Å². The Morgan fingerprint density at radius 1 is 1.29 bits per heavy atom. The number of likely N-dealkylation sites (N-methyl/N-ethyl adjacent to an activating group) is 1. The summed E-state index contributed by atoms with van der Waals surface area (Å²) in [4.78, 5) is 18.8. The first-order valence-electron chi connectivity index (χ1n) is 8.02. The maximum absolute atomic E-state index is 12.3. The quantitative estimate of drug-likeness (QED) is 0.772. The van der Waals surface area contributed by atoms with Gasteiger partial charge in [-0.25, -0.2) is 4.98 Å². The van der Waals surface area contributed by atoms with E-state index < -0.39 is 0 Å². The van der Waals surface area contributed by atoms with Crippen molar-refractivity contribution in [3.05, 3.63) is 30.1 Å². The van der Waals surface area contributed by atoms with Crippen LogP contribution in [0.4, 0.5) is 0 Å². The van der Waals surface area contributed by atoms with E-state index in [0.717, 1.165) is 29.5 Å². The van der Waals surface area contributed by atoms with E-state index in [1.165, 1.54) is 0 Å². The molecule has 0 aliphatic carbocycles. The second-order valence-electron chi connectivity index (χ2n) is 6.47. The Balaban J connectivity index is 2.10. The molecule has 2 heterocycles. The second kappa shape index (κ2) is 6.52. The zero-order chi connectivity index (χ0) is 17.3. The molecule has 0 radical (unpaired) electrons. The Morgan fingerprint density at radius 2 is 2.08 bits per heavy atom. The minimum Gasteiger partial charge on any atom is -0.350 e. The van der Waals surface area contributed by atoms with Crippen molar-refractivity contribution < 1.29 is 4.79 Å². The number of carbonyl (C=O) groups is 1. The number of hydrogen-bond donors (Lipinski definition) is 1. The topological polar surface area (TPSA) is 75.9 Å². The van der Waals surface area contributed by atoms with E-state index in [1.807, 2.05) is 40.1 Å². The molecule has 1 aromatic carbocycles. The summed E-state index contributed by atoms with van der Waals surface area (Å²) < 4.78 is 2.07. The monoisotopic (exact) mass is 326 g/mol. The van der Waals surface area contributed by atoms with Crippen LogP contribution in [0.2, 0.25) is 0 Å². The summed E-state index contributed by atoms with van der Waals surface area (Å²) in [5, 5.41) is 12.2. The van der Waals surface area contributed by atoms with Gasteiger partial charge in [-0.1, -0.05) is 0 Å². The highest BCUT2D eigenvalue weighted by molar-refractivity contribution is 6.05. The number of carbonyl (C=O) groups excluding carboxylic acids is 1. The van der Waals surface area contributed by atoms with Gasteiger partial charge in [0.25, 0.3) is 5.91 Å². The molecule has 0 atom stereocenters. The number of rotatable bonds is 5. The third-order valence-electron chi connectivity index (χ3n) is 3.79. The van der Waals surface area contributed by atoms with Crippen LogP contribution in [0, 0.1) is 0 Å². The van der Waals surface area contributed by atoms with Gasteiger partial charge in [0.1, 0.15) is 0 Å². The standard InChI is InChI=1S/C17H22N6O/c1-11(2)19-17(24)12-5-6-14-13(9-12)15-16(21-20-14)18-10-23(15)8-7-22(3)4/h5-6,9-11H,7-8H2,1-4H3,(H,19,24). The first-order valence-corrected chi connectivity index (χ1v) is 8.02. The molecule has 0 saturated heterocycles. The first-order chi connectivity index (χ1) is 11.5. The van der Waals surface area contributed by atoms with Gasteiger partial charge in [0, 0.05) is 30.1 Å². The maximum atomic E-state index is 12.3. The SMILES string of the molecule is CC(C)NC(=O)c1ccc2nnc3ncn(CCN(C)C)c3c2c1. The number of benzene rings is 1. The molecule has 1 amide bonds. The average molecular weight is 326 g/mol. The van der Waals surface area contributed by atoms with Gasteiger partial charge >= 0.3 is 0 Å². The summed E-state index contributed by atoms with van der Waals surface area (Å²) in [6.45, 7) is 5.58. The Morgan fingerprint density at radius 3 is 2.79 bits per heavy atom. The third kappa shape index (κ3) is 3.21. The number of fused-ring (bicyclic) bond motifs is 3. The van der Waals surface area contributed by atoms with Crippen LogP contribution >= 0.6 is 0 Å². The molecule has 126 valence electrons. The summed E-state index contributed by atoms with van der Waals surface area (Å²) in [6.07, 6.45) is 1.78. The molecule has 24 heavy (non-hydrogen) atoms. The second-order valence-corrected chi connectivity index (χ2v) is 6.47. The van der Waals surface area contributed by atoms with Crippen molar-refractivity contribution in [3.63, 3.8) is 0 Å². The lowest BCUT2D eigenvalue weighted by Crippen LogP contribution is -2.30. The molecule has 0 aliphatic heterocycles. The largest absolute Gasteiger partial charge is 0.350 e. The fraction of sp³-hybridized carbons (Fsp3) is 0.412. The highest BCUT2D eigenvalue weighted by Crippen LogP contribution is 2.22. The van der Waals surface area contributed by atoms with Crippen LogP contribution in [0.25, 0.3) is 22.1 Å². The van der Waals surface area contributed by atoms with Gasteiger partial charge < -0.3 is 14.8 Å². The van der Waals surface area contributed by atoms with Gasteiger partial charge in [-0.2, -0.15) is 0 Å². The van der Waals surface area contributed by atoms with Gasteiger partial charge in [0.2, 0.25) is 5.65 Å². The summed E-state index contributed by atoms with van der Waals surface area (Å²) in [6, 6.07) is 5.58. The van der Waals surface area contributed by atoms with E-state index in [9.17, 15) is 4.79 Å². The molecule has 0 spiro atoms. The zero-order valence-corrected chi connectivity index (χ0v) is 14.4. The highest BCUT2D eigenvalue weighted by atomic mass is 16.1. The van der Waals surface area contributed by atoms with Crippen molar-refractivity contribution in [2.45, 2.75) is 26.4 Å². The average Bonchev–Trinajstić information content (AvgIpc) is 2.95. The van der Waals surface area contributed by atoms with Gasteiger partial charge in [0.15, 0.2) is 0 Å². The molecule has 3 aromatic rings. The summed E-state index contributed by atoms with van der Waals surface area (Å²) in [5.41, 5.74) is 2.89. The van der Waals surface area contributed by atoms with Gasteiger partial charge in [-0.3, -0.25) is 4.79 Å². The van der Waals surface area contributed by atoms with Crippen molar-refractivity contribution >= 4 is 28.0 Å². The number of hydrogen-bond acceptors (Lipinski definition) is 5. The fourth-order valence-electron chi connectivity index (χ4n) is 2.60. The lowest BCUT2D eigenvalue weighted by Gasteiger charge is -2.12. The summed E-state index contributed by atoms with van der Waals surface area (Å²) >= 11 is 0. The number of imidazole rings is 1. The molecule has 7 nitrogen and oxygen atoms in total. The molecule has 0 bridgehead atoms. The molecular formula is C17H22N6O. The molecule has 1 N–H and O–H groups in total. The van der Waals surface area contributed by atoms with E-state index >= 15 is 0 Å². The zero-order valence-electron chi connectivity index (χ0n) is 14.4. The highest BCUT2D eigenvalue weighted by Gasteiger charge is 2.13. The number of aromatic nitrogens is 4. The van der Waals surface area contributed by atoms with E-state index in [2.05, 4.69) is 30.0 Å². The normalized spacial score (nSPS) is 11.8. The molecule has 0 aliphatic rings.